The number of fused-ring (bicyclic) bond motifs is 1. The second-order valence-corrected chi connectivity index (χ2v) is 7.21. The second kappa shape index (κ2) is 6.34. The van der Waals surface area contributed by atoms with Crippen molar-refractivity contribution in [3.8, 4) is 11.1 Å². The third kappa shape index (κ3) is 3.15. The molecule has 0 bridgehead atoms. The molecule has 0 spiro atoms. The fourth-order valence-electron chi connectivity index (χ4n) is 2.41. The smallest absolute Gasteiger partial charge is 0.144 e. The van der Waals surface area contributed by atoms with E-state index in [4.69, 9.17) is 0 Å². The van der Waals surface area contributed by atoms with E-state index in [1.807, 2.05) is 37.4 Å². The van der Waals surface area contributed by atoms with E-state index in [-0.39, 0.29) is 5.75 Å². The molecule has 2 aromatic carbocycles. The fraction of sp³-hybridized carbons (Fsp3) is 0.118. The highest BCUT2D eigenvalue weighted by Gasteiger charge is 2.06. The van der Waals surface area contributed by atoms with Gasteiger partial charge in [0.05, 0.1) is 11.4 Å². The first-order valence-electron chi connectivity index (χ1n) is 6.80. The van der Waals surface area contributed by atoms with E-state index in [1.165, 1.54) is 5.39 Å². The Hall–Kier alpha value is -1.47. The van der Waals surface area contributed by atoms with Crippen LogP contribution in [0.1, 0.15) is 11.3 Å². The molecule has 0 N–H and O–H groups in total. The summed E-state index contributed by atoms with van der Waals surface area (Å²) >= 11 is 2.33. The molecule has 0 aliphatic heterocycles. The van der Waals surface area contributed by atoms with Crippen LogP contribution in [0.4, 0.5) is 0 Å². The standard InChI is InChI=1S/C17H14INO2S/c1-11-17(18)16-8-14(6-7-15(16)9-19-11)13-4-2-12(3-5-13)10-22(20)21/h2-9,22H,10H2,1H3. The molecule has 22 heavy (non-hydrogen) atoms. The lowest BCUT2D eigenvalue weighted by Gasteiger charge is -2.08. The Labute approximate surface area is 144 Å². The summed E-state index contributed by atoms with van der Waals surface area (Å²) in [4.78, 5) is 4.38. The summed E-state index contributed by atoms with van der Waals surface area (Å²) in [6, 6.07) is 14.0. The van der Waals surface area contributed by atoms with Crippen LogP contribution in [0.2, 0.25) is 0 Å². The maximum absolute atomic E-state index is 10.8. The van der Waals surface area contributed by atoms with Crippen LogP contribution in [0.5, 0.6) is 0 Å². The van der Waals surface area contributed by atoms with Crippen LogP contribution >= 0.6 is 22.6 Å². The van der Waals surface area contributed by atoms with Crippen molar-refractivity contribution in [2.24, 2.45) is 0 Å². The highest BCUT2D eigenvalue weighted by atomic mass is 127. The number of rotatable bonds is 3. The summed E-state index contributed by atoms with van der Waals surface area (Å²) in [5, 5.41) is 2.32. The van der Waals surface area contributed by atoms with Crippen LogP contribution in [0, 0.1) is 10.5 Å². The lowest BCUT2D eigenvalue weighted by atomic mass is 10.0. The zero-order valence-electron chi connectivity index (χ0n) is 11.9. The average Bonchev–Trinajstić information content (AvgIpc) is 2.51. The van der Waals surface area contributed by atoms with Crippen LogP contribution in [0.3, 0.4) is 0 Å². The molecule has 5 heteroatoms. The van der Waals surface area contributed by atoms with Crippen molar-refractivity contribution in [2.75, 3.05) is 0 Å². The molecule has 0 saturated carbocycles. The van der Waals surface area contributed by atoms with Gasteiger partial charge in [0.2, 0.25) is 0 Å². The molecule has 0 aliphatic rings. The van der Waals surface area contributed by atoms with Gasteiger partial charge in [0.15, 0.2) is 0 Å². The third-order valence-electron chi connectivity index (χ3n) is 3.60. The van der Waals surface area contributed by atoms with Gasteiger partial charge in [0, 0.05) is 15.2 Å². The van der Waals surface area contributed by atoms with Crippen LogP contribution in [0.25, 0.3) is 21.9 Å². The van der Waals surface area contributed by atoms with E-state index in [0.29, 0.717) is 0 Å². The largest absolute Gasteiger partial charge is 0.260 e. The molecule has 3 rings (SSSR count). The number of aromatic nitrogens is 1. The Morgan fingerprint density at radius 2 is 1.73 bits per heavy atom. The summed E-state index contributed by atoms with van der Waals surface area (Å²) < 4.78 is 22.7. The fourth-order valence-corrected chi connectivity index (χ4v) is 3.52. The minimum atomic E-state index is -2.38. The number of hydrogen-bond donors (Lipinski definition) is 1. The van der Waals surface area contributed by atoms with Gasteiger partial charge in [0.25, 0.3) is 0 Å². The zero-order valence-corrected chi connectivity index (χ0v) is 15.0. The maximum atomic E-state index is 10.8. The Morgan fingerprint density at radius 1 is 1.05 bits per heavy atom. The average molecular weight is 423 g/mol. The van der Waals surface area contributed by atoms with Crippen LogP contribution in [-0.4, -0.2) is 13.4 Å². The molecule has 0 amide bonds. The van der Waals surface area contributed by atoms with Crippen molar-refractivity contribution in [1.29, 1.82) is 0 Å². The van der Waals surface area contributed by atoms with E-state index in [9.17, 15) is 8.42 Å². The van der Waals surface area contributed by atoms with Gasteiger partial charge < -0.3 is 0 Å². The van der Waals surface area contributed by atoms with Crippen molar-refractivity contribution >= 4 is 44.1 Å². The van der Waals surface area contributed by atoms with E-state index in [1.54, 1.807) is 0 Å². The van der Waals surface area contributed by atoms with E-state index in [2.05, 4.69) is 45.8 Å². The summed E-state index contributed by atoms with van der Waals surface area (Å²) in [5.74, 6) is 0.0933. The Bertz CT molecular complexity index is 910. The first kappa shape index (κ1) is 15.4. The predicted octanol–water partition coefficient (Wildman–Crippen LogP) is 3.93. The molecular weight excluding hydrogens is 409 g/mol. The molecule has 0 aliphatic carbocycles. The molecule has 1 heterocycles. The van der Waals surface area contributed by atoms with Crippen molar-refractivity contribution in [2.45, 2.75) is 12.7 Å². The molecule has 3 aromatic rings. The molecule has 0 unspecified atom stereocenters. The zero-order chi connectivity index (χ0) is 15.7. The summed E-state index contributed by atoms with van der Waals surface area (Å²) in [6.07, 6.45) is 1.89. The van der Waals surface area contributed by atoms with Gasteiger partial charge in [-0.15, -0.1) is 0 Å². The van der Waals surface area contributed by atoms with Gasteiger partial charge in [-0.25, -0.2) is 8.42 Å². The highest BCUT2D eigenvalue weighted by molar-refractivity contribution is 14.1. The minimum absolute atomic E-state index is 0.0933. The van der Waals surface area contributed by atoms with E-state index < -0.39 is 10.7 Å². The van der Waals surface area contributed by atoms with Gasteiger partial charge in [-0.3, -0.25) is 4.98 Å². The Morgan fingerprint density at radius 3 is 2.41 bits per heavy atom. The Kier molecular flexibility index (Phi) is 4.44. The van der Waals surface area contributed by atoms with Gasteiger partial charge in [-0.1, -0.05) is 36.4 Å². The van der Waals surface area contributed by atoms with E-state index in [0.717, 1.165) is 31.3 Å². The monoisotopic (exact) mass is 423 g/mol. The number of thiol groups is 1. The maximum Gasteiger partial charge on any atom is 0.144 e. The number of benzene rings is 2. The van der Waals surface area contributed by atoms with Gasteiger partial charge >= 0.3 is 0 Å². The normalized spacial score (nSPS) is 11.2. The van der Waals surface area contributed by atoms with Crippen LogP contribution < -0.4 is 0 Å². The lowest BCUT2D eigenvalue weighted by Crippen LogP contribution is -1.90. The van der Waals surface area contributed by atoms with Crippen molar-refractivity contribution in [3.63, 3.8) is 0 Å². The first-order valence-corrected chi connectivity index (χ1v) is 9.25. The van der Waals surface area contributed by atoms with Crippen molar-refractivity contribution < 1.29 is 8.42 Å². The molecule has 0 saturated heterocycles. The number of nitrogens with zero attached hydrogens (tertiary/aromatic N) is 1. The molecule has 0 fully saturated rings. The van der Waals surface area contributed by atoms with Crippen LogP contribution in [-0.2, 0) is 16.5 Å². The summed E-state index contributed by atoms with van der Waals surface area (Å²) in [6.45, 7) is 2.01. The molecule has 112 valence electrons. The summed E-state index contributed by atoms with van der Waals surface area (Å²) in [7, 11) is -2.38. The number of pyridine rings is 1. The molecule has 0 atom stereocenters. The number of hydrogen-bond acceptors (Lipinski definition) is 3. The Balaban J connectivity index is 2.04. The number of aryl methyl sites for hydroxylation is 1. The highest BCUT2D eigenvalue weighted by Crippen LogP contribution is 2.28. The quantitative estimate of drug-likeness (QED) is 0.513. The van der Waals surface area contributed by atoms with Crippen molar-refractivity contribution in [1.82, 2.24) is 4.98 Å². The van der Waals surface area contributed by atoms with E-state index >= 15 is 0 Å². The second-order valence-electron chi connectivity index (χ2n) is 5.15. The van der Waals surface area contributed by atoms with Gasteiger partial charge in [0.1, 0.15) is 10.7 Å². The summed E-state index contributed by atoms with van der Waals surface area (Å²) in [5.41, 5.74) is 4.04. The number of halogens is 1. The molecule has 3 nitrogen and oxygen atoms in total. The van der Waals surface area contributed by atoms with Crippen molar-refractivity contribution in [3.05, 3.63) is 63.5 Å². The van der Waals surface area contributed by atoms with Gasteiger partial charge in [-0.2, -0.15) is 0 Å². The molecular formula is C17H14INO2S. The minimum Gasteiger partial charge on any atom is -0.260 e. The van der Waals surface area contributed by atoms with Crippen LogP contribution in [0.15, 0.2) is 48.7 Å². The predicted molar refractivity (Wildman–Crippen MR) is 98.7 cm³/mol. The molecule has 1 aromatic heterocycles. The SMILES string of the molecule is Cc1ncc2ccc(-c3ccc(C[SH](=O)=O)cc3)cc2c1I. The first-order chi connectivity index (χ1) is 10.5. The topological polar surface area (TPSA) is 47.0 Å². The molecule has 0 radical (unpaired) electrons. The lowest BCUT2D eigenvalue weighted by molar-refractivity contribution is 0.614. The van der Waals surface area contributed by atoms with Gasteiger partial charge in [-0.05, 0) is 57.7 Å². The third-order valence-corrected chi connectivity index (χ3v) is 5.59.